The quantitative estimate of drug-likeness (QED) is 0.767. The summed E-state index contributed by atoms with van der Waals surface area (Å²) in [4.78, 5) is 24.7. The van der Waals surface area contributed by atoms with Gasteiger partial charge < -0.3 is 14.2 Å². The third-order valence-corrected chi connectivity index (χ3v) is 2.70. The van der Waals surface area contributed by atoms with Gasteiger partial charge in [-0.15, -0.1) is 0 Å². The fraction of sp³-hybridized carbons (Fsp3) is 0.500. The Bertz CT molecular complexity index is 443. The zero-order valence-electron chi connectivity index (χ0n) is 10.8. The summed E-state index contributed by atoms with van der Waals surface area (Å²) in [6, 6.07) is 1.60. The molecule has 1 amide bonds. The average Bonchev–Trinajstić information content (AvgIpc) is 2.64. The van der Waals surface area contributed by atoms with Crippen LogP contribution in [0.25, 0.3) is 0 Å². The van der Waals surface area contributed by atoms with Gasteiger partial charge in [-0.05, 0) is 13.0 Å². The summed E-state index contributed by atoms with van der Waals surface area (Å²) in [5, 5.41) is 0.514. The van der Waals surface area contributed by atoms with Crippen LogP contribution in [0.5, 0.6) is 0 Å². The molecule has 0 saturated carbocycles. The summed E-state index contributed by atoms with van der Waals surface area (Å²) in [7, 11) is 3.39. The normalized spacial score (nSPS) is 10.2. The van der Waals surface area contributed by atoms with Gasteiger partial charge in [-0.25, -0.2) is 0 Å². The lowest BCUT2D eigenvalue weighted by Crippen LogP contribution is -2.30. The number of hydrogen-bond acceptors (Lipinski definition) is 3. The molecule has 0 atom stereocenters. The van der Waals surface area contributed by atoms with Gasteiger partial charge in [-0.1, -0.05) is 11.6 Å². The predicted octanol–water partition coefficient (Wildman–Crippen LogP) is 1.70. The number of halogens is 1. The maximum Gasteiger partial charge on any atom is 0.307 e. The second-order valence-corrected chi connectivity index (χ2v) is 4.37. The first-order chi connectivity index (χ1) is 8.45. The van der Waals surface area contributed by atoms with Crippen molar-refractivity contribution in [2.24, 2.45) is 7.05 Å². The van der Waals surface area contributed by atoms with Crippen molar-refractivity contribution in [1.82, 2.24) is 9.47 Å². The van der Waals surface area contributed by atoms with Crippen molar-refractivity contribution in [2.75, 3.05) is 20.2 Å². The number of carbonyl (C=O) groups excluding carboxylic acids is 2. The minimum absolute atomic E-state index is 0.173. The lowest BCUT2D eigenvalue weighted by atomic mass is 10.3. The SMILES string of the molecule is CCOC(=O)CCN(C)C(=O)c1cc(Cl)cn1C. The number of rotatable bonds is 5. The second kappa shape index (κ2) is 6.44. The first-order valence-corrected chi connectivity index (χ1v) is 6.06. The Labute approximate surface area is 111 Å². The van der Waals surface area contributed by atoms with Gasteiger partial charge in [-0.2, -0.15) is 0 Å². The molecule has 0 bridgehead atoms. The summed E-state index contributed by atoms with van der Waals surface area (Å²) in [5.41, 5.74) is 0.492. The summed E-state index contributed by atoms with van der Waals surface area (Å²) in [5.74, 6) is -0.476. The minimum Gasteiger partial charge on any atom is -0.466 e. The number of nitrogens with zero attached hydrogens (tertiary/aromatic N) is 2. The van der Waals surface area contributed by atoms with E-state index in [1.54, 1.807) is 37.8 Å². The van der Waals surface area contributed by atoms with E-state index in [0.29, 0.717) is 23.9 Å². The van der Waals surface area contributed by atoms with Crippen LogP contribution in [0.15, 0.2) is 12.3 Å². The van der Waals surface area contributed by atoms with Gasteiger partial charge in [0.2, 0.25) is 0 Å². The van der Waals surface area contributed by atoms with Crippen molar-refractivity contribution in [3.05, 3.63) is 23.0 Å². The van der Waals surface area contributed by atoms with Crippen molar-refractivity contribution in [2.45, 2.75) is 13.3 Å². The van der Waals surface area contributed by atoms with Gasteiger partial charge >= 0.3 is 5.97 Å². The van der Waals surface area contributed by atoms with Gasteiger partial charge in [0.05, 0.1) is 18.1 Å². The van der Waals surface area contributed by atoms with Crippen LogP contribution in [0.2, 0.25) is 5.02 Å². The lowest BCUT2D eigenvalue weighted by molar-refractivity contribution is -0.143. The van der Waals surface area contributed by atoms with Crippen LogP contribution in [0.3, 0.4) is 0 Å². The standard InChI is InChI=1S/C12H17ClN2O3/c1-4-18-11(16)5-6-14(2)12(17)10-7-9(13)8-15(10)3/h7-8H,4-6H2,1-3H3. The molecule has 1 aromatic rings. The highest BCUT2D eigenvalue weighted by Gasteiger charge is 2.16. The molecule has 18 heavy (non-hydrogen) atoms. The van der Waals surface area contributed by atoms with Crippen LogP contribution >= 0.6 is 11.6 Å². The van der Waals surface area contributed by atoms with Crippen molar-refractivity contribution < 1.29 is 14.3 Å². The fourth-order valence-corrected chi connectivity index (χ4v) is 1.78. The number of carbonyl (C=O) groups is 2. The zero-order valence-corrected chi connectivity index (χ0v) is 11.5. The highest BCUT2D eigenvalue weighted by Crippen LogP contribution is 2.14. The Morgan fingerprint density at radius 3 is 2.67 bits per heavy atom. The van der Waals surface area contributed by atoms with Gasteiger partial charge in [-0.3, -0.25) is 9.59 Å². The maximum atomic E-state index is 12.0. The van der Waals surface area contributed by atoms with Gasteiger partial charge in [0.15, 0.2) is 0 Å². The molecule has 0 unspecified atom stereocenters. The molecule has 5 nitrogen and oxygen atoms in total. The monoisotopic (exact) mass is 272 g/mol. The Kier molecular flexibility index (Phi) is 5.22. The average molecular weight is 273 g/mol. The first kappa shape index (κ1) is 14.6. The van der Waals surface area contributed by atoms with Gasteiger partial charge in [0.25, 0.3) is 5.91 Å². The van der Waals surface area contributed by atoms with Gasteiger partial charge in [0.1, 0.15) is 5.69 Å². The van der Waals surface area contributed by atoms with Crippen molar-refractivity contribution in [3.8, 4) is 0 Å². The van der Waals surface area contributed by atoms with E-state index in [9.17, 15) is 9.59 Å². The third kappa shape index (κ3) is 3.77. The van der Waals surface area contributed by atoms with E-state index in [1.165, 1.54) is 4.90 Å². The Balaban J connectivity index is 2.57. The molecule has 0 aromatic carbocycles. The molecule has 1 rings (SSSR count). The number of esters is 1. The zero-order chi connectivity index (χ0) is 13.7. The molecule has 1 heterocycles. The molecule has 1 aromatic heterocycles. The third-order valence-electron chi connectivity index (χ3n) is 2.49. The molecular weight excluding hydrogens is 256 g/mol. The van der Waals surface area contributed by atoms with E-state index in [0.717, 1.165) is 0 Å². The van der Waals surface area contributed by atoms with E-state index in [4.69, 9.17) is 16.3 Å². The summed E-state index contributed by atoms with van der Waals surface area (Å²) < 4.78 is 6.46. The molecular formula is C12H17ClN2O3. The first-order valence-electron chi connectivity index (χ1n) is 5.68. The van der Waals surface area contributed by atoms with Crippen LogP contribution in [-0.2, 0) is 16.6 Å². The maximum absolute atomic E-state index is 12.0. The molecule has 0 aliphatic rings. The van der Waals surface area contributed by atoms with Crippen LogP contribution in [-0.4, -0.2) is 41.5 Å². The number of aryl methyl sites for hydroxylation is 1. The van der Waals surface area contributed by atoms with E-state index < -0.39 is 0 Å². The molecule has 0 saturated heterocycles. The topological polar surface area (TPSA) is 51.5 Å². The van der Waals surface area contributed by atoms with Crippen LogP contribution in [0.1, 0.15) is 23.8 Å². The summed E-state index contributed by atoms with van der Waals surface area (Å²) >= 11 is 5.82. The Hall–Kier alpha value is -1.49. The molecule has 0 radical (unpaired) electrons. The highest BCUT2D eigenvalue weighted by atomic mass is 35.5. The number of ether oxygens (including phenoxy) is 1. The highest BCUT2D eigenvalue weighted by molar-refractivity contribution is 6.31. The fourth-order valence-electron chi connectivity index (χ4n) is 1.53. The number of aromatic nitrogens is 1. The lowest BCUT2D eigenvalue weighted by Gasteiger charge is -2.16. The molecule has 0 fully saturated rings. The molecule has 0 spiro atoms. The van der Waals surface area contributed by atoms with Crippen LogP contribution in [0, 0.1) is 0 Å². The van der Waals surface area contributed by atoms with Gasteiger partial charge in [0, 0.05) is 26.8 Å². The van der Waals surface area contributed by atoms with E-state index >= 15 is 0 Å². The van der Waals surface area contributed by atoms with Crippen LogP contribution in [0.4, 0.5) is 0 Å². The van der Waals surface area contributed by atoms with E-state index in [2.05, 4.69) is 0 Å². The summed E-state index contributed by atoms with van der Waals surface area (Å²) in [6.07, 6.45) is 1.85. The van der Waals surface area contributed by atoms with E-state index in [1.807, 2.05) is 0 Å². The van der Waals surface area contributed by atoms with Crippen molar-refractivity contribution >= 4 is 23.5 Å². The molecule has 0 aliphatic heterocycles. The molecule has 0 N–H and O–H groups in total. The number of hydrogen-bond donors (Lipinski definition) is 0. The molecule has 100 valence electrons. The largest absolute Gasteiger partial charge is 0.466 e. The molecule has 6 heteroatoms. The molecule has 0 aliphatic carbocycles. The summed E-state index contributed by atoms with van der Waals surface area (Å²) in [6.45, 7) is 2.42. The minimum atomic E-state index is -0.304. The van der Waals surface area contributed by atoms with E-state index in [-0.39, 0.29) is 18.3 Å². The second-order valence-electron chi connectivity index (χ2n) is 3.94. The Morgan fingerprint density at radius 2 is 2.17 bits per heavy atom. The van der Waals surface area contributed by atoms with Crippen LogP contribution < -0.4 is 0 Å². The predicted molar refractivity (Wildman–Crippen MR) is 68.6 cm³/mol. The van der Waals surface area contributed by atoms with Crippen molar-refractivity contribution in [3.63, 3.8) is 0 Å². The Morgan fingerprint density at radius 1 is 1.50 bits per heavy atom. The smallest absolute Gasteiger partial charge is 0.307 e. The van der Waals surface area contributed by atoms with Crippen molar-refractivity contribution in [1.29, 1.82) is 0 Å². The number of amides is 1.